The highest BCUT2D eigenvalue weighted by atomic mass is 16.5. The van der Waals surface area contributed by atoms with Crippen LogP contribution < -0.4 is 21.9 Å². The van der Waals surface area contributed by atoms with E-state index >= 15 is 0 Å². The number of nitrogens with zero attached hydrogens (tertiary/aromatic N) is 2. The van der Waals surface area contributed by atoms with Crippen molar-refractivity contribution in [1.29, 1.82) is 5.41 Å². The molecule has 0 aliphatic carbocycles. The first-order valence-electron chi connectivity index (χ1n) is 10.5. The molecule has 34 heavy (non-hydrogen) atoms. The minimum Gasteiger partial charge on any atom is -0.457 e. The Morgan fingerprint density at radius 2 is 1.50 bits per heavy atom. The predicted molar refractivity (Wildman–Crippen MR) is 138 cm³/mol. The zero-order valence-electron chi connectivity index (χ0n) is 18.3. The van der Waals surface area contributed by atoms with E-state index in [4.69, 9.17) is 27.3 Å². The van der Waals surface area contributed by atoms with E-state index in [0.29, 0.717) is 22.4 Å². The van der Waals surface area contributed by atoms with Gasteiger partial charge in [0.25, 0.3) is 0 Å². The summed E-state index contributed by atoms with van der Waals surface area (Å²) in [7, 11) is 0. The van der Waals surface area contributed by atoms with Gasteiger partial charge in [-0.1, -0.05) is 60.7 Å². The van der Waals surface area contributed by atoms with Crippen molar-refractivity contribution in [3.05, 3.63) is 108 Å². The van der Waals surface area contributed by atoms with Gasteiger partial charge in [0.2, 0.25) is 0 Å². The molecule has 0 amide bonds. The standard InChI is InChI=1S/C27H24N6O/c28-15-20(18-7-3-1-4-8-18)16-32-27-25(29)24(26(30)31)23(17-33-27)19-11-13-22(14-12-19)34-21-9-5-2-6-10-21/h1-17H,28-29H2,(H3,30,31). The average Bonchev–Trinajstić information content (AvgIpc) is 2.86. The molecule has 1 aromatic heterocycles. The maximum absolute atomic E-state index is 8.10. The Hall–Kier alpha value is -4.91. The van der Waals surface area contributed by atoms with Crippen LogP contribution in [-0.2, 0) is 0 Å². The van der Waals surface area contributed by atoms with Gasteiger partial charge in [0.1, 0.15) is 17.3 Å². The van der Waals surface area contributed by atoms with Gasteiger partial charge < -0.3 is 21.9 Å². The molecule has 0 unspecified atom stereocenters. The number of hydrogen-bond acceptors (Lipinski definition) is 6. The summed E-state index contributed by atoms with van der Waals surface area (Å²) in [6.07, 6.45) is 4.67. The molecule has 168 valence electrons. The number of anilines is 1. The molecule has 7 N–H and O–H groups in total. The number of hydrogen-bond donors (Lipinski definition) is 4. The van der Waals surface area contributed by atoms with Gasteiger partial charge in [-0.15, -0.1) is 0 Å². The number of aromatic nitrogens is 1. The summed E-state index contributed by atoms with van der Waals surface area (Å²) in [5, 5.41) is 8.10. The van der Waals surface area contributed by atoms with Crippen LogP contribution in [0.5, 0.6) is 11.5 Å². The highest BCUT2D eigenvalue weighted by molar-refractivity contribution is 6.12. The number of nitrogens with two attached hydrogens (primary N) is 3. The average molecular weight is 449 g/mol. The first kappa shape index (κ1) is 22.3. The van der Waals surface area contributed by atoms with Crippen LogP contribution in [0.2, 0.25) is 0 Å². The molecule has 3 aromatic carbocycles. The molecule has 7 heteroatoms. The molecular weight excluding hydrogens is 424 g/mol. The SMILES string of the molecule is N=C(N)c1c(-c2ccc(Oc3ccccc3)cc2)cnc(N=CC(=CN)c2ccccc2)c1N. The molecule has 4 rings (SSSR count). The van der Waals surface area contributed by atoms with Crippen molar-refractivity contribution < 1.29 is 4.74 Å². The van der Waals surface area contributed by atoms with Crippen LogP contribution in [0.1, 0.15) is 11.1 Å². The number of amidine groups is 1. The lowest BCUT2D eigenvalue weighted by Crippen LogP contribution is -2.15. The zero-order valence-corrected chi connectivity index (χ0v) is 18.3. The second-order valence-electron chi connectivity index (χ2n) is 7.38. The summed E-state index contributed by atoms with van der Waals surface area (Å²) >= 11 is 0. The number of rotatable bonds is 7. The fraction of sp³-hybridized carbons (Fsp3) is 0. The fourth-order valence-electron chi connectivity index (χ4n) is 3.43. The first-order chi connectivity index (χ1) is 16.6. The summed E-state index contributed by atoms with van der Waals surface area (Å²) < 4.78 is 5.85. The van der Waals surface area contributed by atoms with Crippen LogP contribution >= 0.6 is 0 Å². The molecule has 0 bridgehead atoms. The van der Waals surface area contributed by atoms with Crippen molar-refractivity contribution >= 4 is 29.1 Å². The minimum absolute atomic E-state index is 0.173. The summed E-state index contributed by atoms with van der Waals surface area (Å²) in [4.78, 5) is 8.82. The van der Waals surface area contributed by atoms with Crippen molar-refractivity contribution in [2.45, 2.75) is 0 Å². The number of aliphatic imine (C=N–C) groups is 1. The number of nitrogen functional groups attached to an aromatic ring is 2. The van der Waals surface area contributed by atoms with Crippen molar-refractivity contribution in [2.75, 3.05) is 5.73 Å². The van der Waals surface area contributed by atoms with Gasteiger partial charge in [0.15, 0.2) is 5.82 Å². The number of ether oxygens (including phenoxy) is 1. The lowest BCUT2D eigenvalue weighted by atomic mass is 9.99. The molecule has 7 nitrogen and oxygen atoms in total. The Morgan fingerprint density at radius 3 is 2.12 bits per heavy atom. The van der Waals surface area contributed by atoms with Crippen LogP contribution in [0.4, 0.5) is 11.5 Å². The molecule has 0 radical (unpaired) electrons. The molecule has 1 heterocycles. The summed E-state index contributed by atoms with van der Waals surface area (Å²) in [5.74, 6) is 1.51. The van der Waals surface area contributed by atoms with Gasteiger partial charge in [-0.2, -0.15) is 0 Å². The molecule has 0 saturated carbocycles. The van der Waals surface area contributed by atoms with Crippen LogP contribution in [0.25, 0.3) is 16.7 Å². The van der Waals surface area contributed by atoms with Gasteiger partial charge in [0, 0.05) is 29.7 Å². The van der Waals surface area contributed by atoms with E-state index in [1.807, 2.05) is 84.9 Å². The van der Waals surface area contributed by atoms with Gasteiger partial charge in [-0.05, 0) is 35.4 Å². The van der Waals surface area contributed by atoms with E-state index in [1.165, 1.54) is 6.20 Å². The lowest BCUT2D eigenvalue weighted by molar-refractivity contribution is 0.483. The molecule has 4 aromatic rings. The predicted octanol–water partition coefficient (Wildman–Crippen LogP) is 5.11. The number of nitrogens with one attached hydrogen (secondary N) is 1. The molecular formula is C27H24N6O. The summed E-state index contributed by atoms with van der Waals surface area (Å²) in [5.41, 5.74) is 21.7. The number of benzene rings is 3. The highest BCUT2D eigenvalue weighted by Crippen LogP contribution is 2.33. The Bertz CT molecular complexity index is 1350. The first-order valence-corrected chi connectivity index (χ1v) is 10.5. The van der Waals surface area contributed by atoms with E-state index in [9.17, 15) is 0 Å². The van der Waals surface area contributed by atoms with Crippen LogP contribution in [0.3, 0.4) is 0 Å². The van der Waals surface area contributed by atoms with Crippen molar-refractivity contribution in [3.8, 4) is 22.6 Å². The Balaban J connectivity index is 1.63. The molecule has 0 aliphatic heterocycles. The van der Waals surface area contributed by atoms with Gasteiger partial charge in [-0.25, -0.2) is 9.98 Å². The third-order valence-electron chi connectivity index (χ3n) is 5.12. The second kappa shape index (κ2) is 10.1. The molecule has 0 fully saturated rings. The fourth-order valence-corrected chi connectivity index (χ4v) is 3.43. The third kappa shape index (κ3) is 4.94. The Kier molecular flexibility index (Phi) is 6.65. The van der Waals surface area contributed by atoms with Crippen molar-refractivity contribution in [2.24, 2.45) is 16.5 Å². The smallest absolute Gasteiger partial charge is 0.176 e. The molecule has 0 aliphatic rings. The maximum atomic E-state index is 8.10. The molecule has 0 atom stereocenters. The normalized spacial score (nSPS) is 11.5. The highest BCUT2D eigenvalue weighted by Gasteiger charge is 2.16. The number of para-hydroxylation sites is 1. The van der Waals surface area contributed by atoms with E-state index in [0.717, 1.165) is 16.9 Å². The Morgan fingerprint density at radius 1 is 0.882 bits per heavy atom. The zero-order chi connectivity index (χ0) is 23.9. The summed E-state index contributed by atoms with van der Waals surface area (Å²) in [6, 6.07) is 26.5. The number of pyridine rings is 1. The quantitative estimate of drug-likeness (QED) is 0.230. The minimum atomic E-state index is -0.173. The van der Waals surface area contributed by atoms with Gasteiger partial charge >= 0.3 is 0 Å². The lowest BCUT2D eigenvalue weighted by Gasteiger charge is -2.13. The van der Waals surface area contributed by atoms with E-state index in [2.05, 4.69) is 9.98 Å². The number of allylic oxidation sites excluding steroid dienone is 1. The van der Waals surface area contributed by atoms with E-state index in [1.54, 1.807) is 12.4 Å². The topological polar surface area (TPSA) is 136 Å². The van der Waals surface area contributed by atoms with Crippen LogP contribution in [0.15, 0.2) is 102 Å². The largest absolute Gasteiger partial charge is 0.457 e. The molecule has 0 spiro atoms. The maximum Gasteiger partial charge on any atom is 0.176 e. The third-order valence-corrected chi connectivity index (χ3v) is 5.12. The monoisotopic (exact) mass is 448 g/mol. The van der Waals surface area contributed by atoms with Crippen LogP contribution in [0, 0.1) is 5.41 Å². The van der Waals surface area contributed by atoms with Gasteiger partial charge in [-0.3, -0.25) is 5.41 Å². The van der Waals surface area contributed by atoms with Crippen LogP contribution in [-0.4, -0.2) is 17.0 Å². The van der Waals surface area contributed by atoms with Crippen molar-refractivity contribution in [1.82, 2.24) is 4.98 Å². The molecule has 0 saturated heterocycles. The van der Waals surface area contributed by atoms with Crippen molar-refractivity contribution in [3.63, 3.8) is 0 Å². The van der Waals surface area contributed by atoms with Gasteiger partial charge in [0.05, 0.1) is 11.3 Å². The van der Waals surface area contributed by atoms with E-state index in [-0.39, 0.29) is 17.3 Å². The second-order valence-corrected chi connectivity index (χ2v) is 7.38. The Labute approximate surface area is 197 Å². The summed E-state index contributed by atoms with van der Waals surface area (Å²) in [6.45, 7) is 0. The van der Waals surface area contributed by atoms with E-state index < -0.39 is 0 Å².